The maximum Gasteiger partial charge on any atom is 0.257 e. The Hall–Kier alpha value is -2.66. The summed E-state index contributed by atoms with van der Waals surface area (Å²) in [5.74, 6) is -0.0166. The number of carbonyl (C=O) groups excluding carboxylic acids is 1. The first-order valence-electron chi connectivity index (χ1n) is 8.14. The lowest BCUT2D eigenvalue weighted by Crippen LogP contribution is -2.13. The van der Waals surface area contributed by atoms with Crippen molar-refractivity contribution in [1.82, 2.24) is 10.3 Å². The summed E-state index contributed by atoms with van der Waals surface area (Å²) in [6.45, 7) is 4.16. The molecule has 0 fully saturated rings. The molecule has 0 aliphatic carbocycles. The Balaban J connectivity index is 1.95. The van der Waals surface area contributed by atoms with E-state index in [1.165, 1.54) is 5.56 Å². The highest BCUT2D eigenvalue weighted by Crippen LogP contribution is 2.29. The summed E-state index contributed by atoms with van der Waals surface area (Å²) >= 11 is 5.94. The van der Waals surface area contributed by atoms with Crippen LogP contribution in [0.3, 0.4) is 0 Å². The van der Waals surface area contributed by atoms with Crippen molar-refractivity contribution in [3.63, 3.8) is 0 Å². The molecule has 0 aliphatic rings. The van der Waals surface area contributed by atoms with Crippen LogP contribution in [0.15, 0.2) is 47.1 Å². The SMILES string of the molecule is CCc1ccc(CC)c(-c2nonc2NC(=O)c2cccc(Cl)c2)c1. The molecule has 25 heavy (non-hydrogen) atoms. The van der Waals surface area contributed by atoms with Gasteiger partial charge in [0.1, 0.15) is 0 Å². The highest BCUT2D eigenvalue weighted by atomic mass is 35.5. The summed E-state index contributed by atoms with van der Waals surface area (Å²) in [5.41, 5.74) is 4.19. The predicted octanol–water partition coefficient (Wildman–Crippen LogP) is 4.77. The molecule has 1 heterocycles. The van der Waals surface area contributed by atoms with E-state index in [4.69, 9.17) is 16.2 Å². The van der Waals surface area contributed by atoms with Gasteiger partial charge in [-0.15, -0.1) is 0 Å². The lowest BCUT2D eigenvalue weighted by atomic mass is 9.98. The second-order valence-corrected chi connectivity index (χ2v) is 6.06. The van der Waals surface area contributed by atoms with E-state index in [-0.39, 0.29) is 5.91 Å². The van der Waals surface area contributed by atoms with Gasteiger partial charge in [0.2, 0.25) is 5.82 Å². The maximum absolute atomic E-state index is 12.4. The van der Waals surface area contributed by atoms with E-state index in [0.717, 1.165) is 24.0 Å². The van der Waals surface area contributed by atoms with Gasteiger partial charge in [0.15, 0.2) is 5.69 Å². The topological polar surface area (TPSA) is 68.0 Å². The Bertz CT molecular complexity index is 905. The molecule has 0 saturated heterocycles. The van der Waals surface area contributed by atoms with Gasteiger partial charge in [-0.2, -0.15) is 0 Å². The number of nitrogens with zero attached hydrogens (tertiary/aromatic N) is 2. The van der Waals surface area contributed by atoms with Gasteiger partial charge in [-0.25, -0.2) is 4.63 Å². The van der Waals surface area contributed by atoms with Crippen LogP contribution in [0.4, 0.5) is 5.82 Å². The minimum atomic E-state index is -0.316. The van der Waals surface area contributed by atoms with Crippen LogP contribution >= 0.6 is 11.6 Å². The lowest BCUT2D eigenvalue weighted by Gasteiger charge is -2.09. The monoisotopic (exact) mass is 355 g/mol. The molecular weight excluding hydrogens is 338 g/mol. The van der Waals surface area contributed by atoms with E-state index >= 15 is 0 Å². The Labute approximate surface area is 151 Å². The summed E-state index contributed by atoms with van der Waals surface area (Å²) in [7, 11) is 0. The predicted molar refractivity (Wildman–Crippen MR) is 97.9 cm³/mol. The van der Waals surface area contributed by atoms with E-state index in [9.17, 15) is 4.79 Å². The molecule has 1 N–H and O–H groups in total. The number of hydrogen-bond donors (Lipinski definition) is 1. The third kappa shape index (κ3) is 3.72. The quantitative estimate of drug-likeness (QED) is 0.716. The first-order chi connectivity index (χ1) is 12.1. The van der Waals surface area contributed by atoms with Gasteiger partial charge in [-0.3, -0.25) is 4.79 Å². The summed E-state index contributed by atoms with van der Waals surface area (Å²) in [5, 5.41) is 11.1. The van der Waals surface area contributed by atoms with Crippen LogP contribution < -0.4 is 5.32 Å². The number of halogens is 1. The van der Waals surface area contributed by atoms with Gasteiger partial charge in [0.25, 0.3) is 5.91 Å². The van der Waals surface area contributed by atoms with Gasteiger partial charge >= 0.3 is 0 Å². The standard InChI is InChI=1S/C19H18ClN3O2/c1-3-12-8-9-13(4-2)16(10-12)17-18(23-25-22-17)21-19(24)14-6-5-7-15(20)11-14/h5-11H,3-4H2,1-2H3,(H,21,23,24). The largest absolute Gasteiger partial charge is 0.302 e. The molecule has 128 valence electrons. The van der Waals surface area contributed by atoms with E-state index in [1.54, 1.807) is 24.3 Å². The first kappa shape index (κ1) is 17.2. The van der Waals surface area contributed by atoms with Crippen LogP contribution in [0.5, 0.6) is 0 Å². The number of rotatable bonds is 5. The molecule has 1 aromatic heterocycles. The van der Waals surface area contributed by atoms with Crippen molar-refractivity contribution in [1.29, 1.82) is 0 Å². The molecule has 3 aromatic rings. The number of anilines is 1. The van der Waals surface area contributed by atoms with Crippen molar-refractivity contribution in [2.45, 2.75) is 26.7 Å². The molecule has 2 aromatic carbocycles. The van der Waals surface area contributed by atoms with Crippen LogP contribution in [0.2, 0.25) is 5.02 Å². The van der Waals surface area contributed by atoms with Crippen LogP contribution in [0, 0.1) is 0 Å². The molecule has 0 spiro atoms. The molecule has 3 rings (SSSR count). The Morgan fingerprint density at radius 2 is 1.96 bits per heavy atom. The highest BCUT2D eigenvalue weighted by molar-refractivity contribution is 6.31. The number of nitrogens with one attached hydrogen (secondary N) is 1. The number of carbonyl (C=O) groups is 1. The zero-order valence-electron chi connectivity index (χ0n) is 14.0. The van der Waals surface area contributed by atoms with Crippen LogP contribution in [0.1, 0.15) is 35.3 Å². The first-order valence-corrected chi connectivity index (χ1v) is 8.51. The van der Waals surface area contributed by atoms with Crippen molar-refractivity contribution in [3.8, 4) is 11.3 Å². The van der Waals surface area contributed by atoms with Gasteiger partial charge in [0.05, 0.1) is 0 Å². The Kier molecular flexibility index (Phi) is 5.14. The van der Waals surface area contributed by atoms with Crippen molar-refractivity contribution >= 4 is 23.3 Å². The number of benzene rings is 2. The number of hydrogen-bond acceptors (Lipinski definition) is 4. The van der Waals surface area contributed by atoms with Crippen LogP contribution in [0.25, 0.3) is 11.3 Å². The average molecular weight is 356 g/mol. The van der Waals surface area contributed by atoms with Crippen LogP contribution in [-0.4, -0.2) is 16.2 Å². The van der Waals surface area contributed by atoms with Gasteiger partial charge in [-0.05, 0) is 58.5 Å². The van der Waals surface area contributed by atoms with Crippen molar-refractivity contribution in [2.24, 2.45) is 0 Å². The minimum absolute atomic E-state index is 0.299. The summed E-state index contributed by atoms with van der Waals surface area (Å²) in [4.78, 5) is 12.4. The second-order valence-electron chi connectivity index (χ2n) is 5.62. The number of amides is 1. The van der Waals surface area contributed by atoms with Gasteiger partial charge in [0, 0.05) is 16.1 Å². The number of aromatic nitrogens is 2. The molecule has 0 bridgehead atoms. The normalized spacial score (nSPS) is 10.7. The molecule has 0 saturated carbocycles. The molecule has 0 unspecified atom stereocenters. The zero-order chi connectivity index (χ0) is 17.8. The molecule has 1 amide bonds. The van der Waals surface area contributed by atoms with Crippen molar-refractivity contribution in [2.75, 3.05) is 5.32 Å². The minimum Gasteiger partial charge on any atom is -0.302 e. The molecule has 5 nitrogen and oxygen atoms in total. The fraction of sp³-hybridized carbons (Fsp3) is 0.211. The third-order valence-corrected chi connectivity index (χ3v) is 4.26. The zero-order valence-corrected chi connectivity index (χ0v) is 14.8. The molecule has 0 atom stereocenters. The van der Waals surface area contributed by atoms with E-state index < -0.39 is 0 Å². The Morgan fingerprint density at radius 1 is 1.12 bits per heavy atom. The highest BCUT2D eigenvalue weighted by Gasteiger charge is 2.18. The van der Waals surface area contributed by atoms with Crippen LogP contribution in [-0.2, 0) is 12.8 Å². The maximum atomic E-state index is 12.4. The van der Waals surface area contributed by atoms with Crippen molar-refractivity contribution in [3.05, 3.63) is 64.2 Å². The van der Waals surface area contributed by atoms with E-state index in [1.807, 2.05) is 0 Å². The second kappa shape index (κ2) is 7.49. The summed E-state index contributed by atoms with van der Waals surface area (Å²) < 4.78 is 4.89. The average Bonchev–Trinajstić information content (AvgIpc) is 3.09. The fourth-order valence-corrected chi connectivity index (χ4v) is 2.82. The molecule has 0 aliphatic heterocycles. The molecule has 0 radical (unpaired) electrons. The Morgan fingerprint density at radius 3 is 2.68 bits per heavy atom. The molecule has 6 heteroatoms. The van der Waals surface area contributed by atoms with Crippen molar-refractivity contribution < 1.29 is 9.42 Å². The van der Waals surface area contributed by atoms with Gasteiger partial charge in [-0.1, -0.05) is 43.6 Å². The molecular formula is C19H18ClN3O2. The third-order valence-electron chi connectivity index (χ3n) is 4.03. The fourth-order valence-electron chi connectivity index (χ4n) is 2.63. The van der Waals surface area contributed by atoms with E-state index in [2.05, 4.69) is 47.7 Å². The summed E-state index contributed by atoms with van der Waals surface area (Å²) in [6, 6.07) is 13.0. The van der Waals surface area contributed by atoms with Gasteiger partial charge < -0.3 is 5.32 Å². The summed E-state index contributed by atoms with van der Waals surface area (Å²) in [6.07, 6.45) is 1.75. The van der Waals surface area contributed by atoms with E-state index in [0.29, 0.717) is 22.1 Å². The smallest absolute Gasteiger partial charge is 0.257 e. The lowest BCUT2D eigenvalue weighted by molar-refractivity contribution is 0.102. The number of aryl methyl sites for hydroxylation is 2.